The zero-order valence-electron chi connectivity index (χ0n) is 11.0. The number of nitrogens with zero attached hydrogens (tertiary/aromatic N) is 2. The number of hydrogen-bond acceptors (Lipinski definition) is 4. The molecule has 3 rings (SSSR count). The van der Waals surface area contributed by atoms with E-state index in [9.17, 15) is 9.59 Å². The number of methoxy groups -OCH3 is 1. The van der Waals surface area contributed by atoms with Gasteiger partial charge >= 0.3 is 11.9 Å². The summed E-state index contributed by atoms with van der Waals surface area (Å²) in [6, 6.07) is 4.76. The zero-order valence-corrected chi connectivity index (χ0v) is 11.0. The number of carbonyl (C=O) groups is 2. The highest BCUT2D eigenvalue weighted by molar-refractivity contribution is 5.92. The summed E-state index contributed by atoms with van der Waals surface area (Å²) < 4.78 is 6.47. The van der Waals surface area contributed by atoms with Gasteiger partial charge in [-0.3, -0.25) is 4.79 Å². The van der Waals surface area contributed by atoms with Gasteiger partial charge in [-0.1, -0.05) is 0 Å². The van der Waals surface area contributed by atoms with E-state index in [4.69, 9.17) is 9.84 Å². The fraction of sp³-hybridized carbons (Fsp3) is 0.357. The van der Waals surface area contributed by atoms with Gasteiger partial charge in [0.15, 0.2) is 0 Å². The van der Waals surface area contributed by atoms with Crippen molar-refractivity contribution in [1.29, 1.82) is 0 Å². The molecular formula is C14H14N2O4. The van der Waals surface area contributed by atoms with Gasteiger partial charge in [0.25, 0.3) is 0 Å². The zero-order chi connectivity index (χ0) is 14.3. The van der Waals surface area contributed by atoms with Crippen LogP contribution in [0.4, 0.5) is 0 Å². The number of imidazole rings is 1. The van der Waals surface area contributed by atoms with E-state index in [1.165, 1.54) is 13.2 Å². The lowest BCUT2D eigenvalue weighted by Gasteiger charge is -2.07. The summed E-state index contributed by atoms with van der Waals surface area (Å²) in [6.45, 7) is 0.0574. The molecule has 0 amide bonds. The normalized spacial score (nSPS) is 14.4. The lowest BCUT2D eigenvalue weighted by Crippen LogP contribution is -2.13. The van der Waals surface area contributed by atoms with E-state index in [2.05, 4.69) is 4.98 Å². The van der Waals surface area contributed by atoms with Gasteiger partial charge in [0.1, 0.15) is 12.4 Å². The van der Waals surface area contributed by atoms with Crippen LogP contribution in [0.15, 0.2) is 18.2 Å². The Morgan fingerprint density at radius 1 is 1.45 bits per heavy atom. The number of benzene rings is 1. The van der Waals surface area contributed by atoms with E-state index < -0.39 is 5.97 Å². The Kier molecular flexibility index (Phi) is 2.93. The van der Waals surface area contributed by atoms with Crippen LogP contribution in [-0.2, 0) is 16.1 Å². The third-order valence-electron chi connectivity index (χ3n) is 3.48. The molecule has 1 aliphatic rings. The average molecular weight is 274 g/mol. The van der Waals surface area contributed by atoms with E-state index in [1.54, 1.807) is 16.7 Å². The summed E-state index contributed by atoms with van der Waals surface area (Å²) in [7, 11) is 1.33. The number of hydrogen-bond donors (Lipinski definition) is 1. The number of rotatable bonds is 4. The lowest BCUT2D eigenvalue weighted by molar-refractivity contribution is -0.141. The van der Waals surface area contributed by atoms with Crippen LogP contribution < -0.4 is 0 Å². The molecule has 0 unspecified atom stereocenters. The molecule has 1 N–H and O–H groups in total. The fourth-order valence-electron chi connectivity index (χ4n) is 2.29. The molecule has 0 spiro atoms. The standard InChI is InChI=1S/C14H14N2O4/c1-20-12(17)7-16-11-6-9(14(18)19)4-5-10(11)15-13(16)8-2-3-8/h4-6,8H,2-3,7H2,1H3,(H,18,19). The van der Waals surface area contributed by atoms with Crippen LogP contribution in [-0.4, -0.2) is 33.7 Å². The minimum absolute atomic E-state index is 0.0574. The molecule has 1 fully saturated rings. The Morgan fingerprint density at radius 3 is 2.80 bits per heavy atom. The second kappa shape index (κ2) is 4.63. The van der Waals surface area contributed by atoms with Crippen LogP contribution >= 0.6 is 0 Å². The lowest BCUT2D eigenvalue weighted by atomic mass is 10.2. The van der Waals surface area contributed by atoms with Crippen LogP contribution in [0.3, 0.4) is 0 Å². The Morgan fingerprint density at radius 2 is 2.20 bits per heavy atom. The number of carboxylic acids is 1. The molecule has 2 aromatic rings. The van der Waals surface area contributed by atoms with Crippen LogP contribution in [0.25, 0.3) is 11.0 Å². The highest BCUT2D eigenvalue weighted by Crippen LogP contribution is 2.40. The van der Waals surface area contributed by atoms with E-state index in [0.717, 1.165) is 18.7 Å². The smallest absolute Gasteiger partial charge is 0.335 e. The van der Waals surface area contributed by atoms with Gasteiger partial charge in [-0.05, 0) is 31.0 Å². The van der Waals surface area contributed by atoms with Crippen molar-refractivity contribution < 1.29 is 19.4 Å². The summed E-state index contributed by atoms with van der Waals surface area (Å²) in [5.41, 5.74) is 1.56. The van der Waals surface area contributed by atoms with Gasteiger partial charge in [-0.25, -0.2) is 9.78 Å². The van der Waals surface area contributed by atoms with Crippen molar-refractivity contribution in [1.82, 2.24) is 9.55 Å². The highest BCUT2D eigenvalue weighted by Gasteiger charge is 2.30. The Labute approximate surface area is 115 Å². The first-order valence-corrected chi connectivity index (χ1v) is 6.40. The first kappa shape index (κ1) is 12.7. The number of carbonyl (C=O) groups excluding carboxylic acids is 1. The van der Waals surface area contributed by atoms with Gasteiger partial charge < -0.3 is 14.4 Å². The van der Waals surface area contributed by atoms with Crippen LogP contribution in [0.1, 0.15) is 34.9 Å². The molecule has 1 aliphatic carbocycles. The molecule has 0 aliphatic heterocycles. The van der Waals surface area contributed by atoms with Gasteiger partial charge in [0.05, 0.1) is 23.7 Å². The predicted molar refractivity (Wildman–Crippen MR) is 70.7 cm³/mol. The molecule has 1 heterocycles. The number of ether oxygens (including phenoxy) is 1. The van der Waals surface area contributed by atoms with Gasteiger partial charge in [-0.2, -0.15) is 0 Å². The van der Waals surface area contributed by atoms with E-state index >= 15 is 0 Å². The molecular weight excluding hydrogens is 260 g/mol. The fourth-order valence-corrected chi connectivity index (χ4v) is 2.29. The topological polar surface area (TPSA) is 81.4 Å². The molecule has 0 saturated heterocycles. The molecule has 0 bridgehead atoms. The maximum Gasteiger partial charge on any atom is 0.335 e. The first-order valence-electron chi connectivity index (χ1n) is 6.40. The van der Waals surface area contributed by atoms with Crippen LogP contribution in [0, 0.1) is 0 Å². The Hall–Kier alpha value is -2.37. The molecule has 1 aromatic heterocycles. The second-order valence-corrected chi connectivity index (χ2v) is 4.92. The minimum atomic E-state index is -0.995. The van der Waals surface area contributed by atoms with Crippen LogP contribution in [0.5, 0.6) is 0 Å². The predicted octanol–water partition coefficient (Wildman–Crippen LogP) is 1.78. The molecule has 20 heavy (non-hydrogen) atoms. The van der Waals surface area contributed by atoms with Crippen molar-refractivity contribution in [3.8, 4) is 0 Å². The third kappa shape index (κ3) is 2.13. The van der Waals surface area contributed by atoms with E-state index in [0.29, 0.717) is 17.0 Å². The number of aromatic carboxylic acids is 1. The first-order chi connectivity index (χ1) is 9.60. The largest absolute Gasteiger partial charge is 0.478 e. The van der Waals surface area contributed by atoms with Crippen molar-refractivity contribution >= 4 is 23.0 Å². The summed E-state index contributed by atoms with van der Waals surface area (Å²) in [5.74, 6) is -0.161. The molecule has 0 atom stereocenters. The van der Waals surface area contributed by atoms with Crippen molar-refractivity contribution in [3.05, 3.63) is 29.6 Å². The summed E-state index contributed by atoms with van der Waals surface area (Å²) in [5, 5.41) is 9.07. The quantitative estimate of drug-likeness (QED) is 0.859. The van der Waals surface area contributed by atoms with Crippen LogP contribution in [0.2, 0.25) is 0 Å². The summed E-state index contributed by atoms with van der Waals surface area (Å²) >= 11 is 0. The monoisotopic (exact) mass is 274 g/mol. The number of carboxylic acid groups (broad SMARTS) is 1. The minimum Gasteiger partial charge on any atom is -0.478 e. The van der Waals surface area contributed by atoms with Crippen molar-refractivity contribution in [2.45, 2.75) is 25.3 Å². The molecule has 1 aromatic carbocycles. The molecule has 6 heteroatoms. The van der Waals surface area contributed by atoms with Crippen molar-refractivity contribution in [3.63, 3.8) is 0 Å². The third-order valence-corrected chi connectivity index (χ3v) is 3.48. The van der Waals surface area contributed by atoms with E-state index in [-0.39, 0.29) is 18.1 Å². The van der Waals surface area contributed by atoms with Gasteiger partial charge in [0.2, 0.25) is 0 Å². The number of fused-ring (bicyclic) bond motifs is 1. The molecule has 6 nitrogen and oxygen atoms in total. The number of aromatic nitrogens is 2. The van der Waals surface area contributed by atoms with E-state index in [1.807, 2.05) is 0 Å². The number of esters is 1. The summed E-state index contributed by atoms with van der Waals surface area (Å²) in [6.07, 6.45) is 2.10. The van der Waals surface area contributed by atoms with Gasteiger partial charge in [-0.15, -0.1) is 0 Å². The molecule has 1 saturated carbocycles. The Bertz CT molecular complexity index is 701. The highest BCUT2D eigenvalue weighted by atomic mass is 16.5. The SMILES string of the molecule is COC(=O)Cn1c(C2CC2)nc2ccc(C(=O)O)cc21. The Balaban J connectivity index is 2.14. The molecule has 104 valence electrons. The maximum absolute atomic E-state index is 11.5. The van der Waals surface area contributed by atoms with Crippen molar-refractivity contribution in [2.75, 3.05) is 7.11 Å². The van der Waals surface area contributed by atoms with Crippen molar-refractivity contribution in [2.24, 2.45) is 0 Å². The summed E-state index contributed by atoms with van der Waals surface area (Å²) in [4.78, 5) is 27.1. The maximum atomic E-state index is 11.5. The average Bonchev–Trinajstić information content (AvgIpc) is 3.22. The van der Waals surface area contributed by atoms with Gasteiger partial charge in [0, 0.05) is 5.92 Å². The second-order valence-electron chi connectivity index (χ2n) is 4.92. The molecule has 0 radical (unpaired) electrons.